The largest absolute Gasteiger partial charge is 0.384 e. The molecule has 1 aliphatic heterocycles. The molecule has 1 aromatic rings. The number of halogens is 1. The van der Waals surface area contributed by atoms with Crippen molar-refractivity contribution in [3.63, 3.8) is 0 Å². The first-order valence-corrected chi connectivity index (χ1v) is 5.65. The Balaban J connectivity index is 2.33. The third kappa shape index (κ3) is 1.69. The smallest absolute Gasteiger partial charge is 0.176 e. The van der Waals surface area contributed by atoms with Crippen molar-refractivity contribution in [2.45, 2.75) is 18.2 Å². The van der Waals surface area contributed by atoms with Crippen LogP contribution in [-0.4, -0.2) is 17.2 Å². The summed E-state index contributed by atoms with van der Waals surface area (Å²) in [5.74, 6) is 0.153. The van der Waals surface area contributed by atoms with E-state index in [1.54, 1.807) is 0 Å². The van der Waals surface area contributed by atoms with Crippen molar-refractivity contribution < 1.29 is 4.79 Å². The highest BCUT2D eigenvalue weighted by molar-refractivity contribution is 9.10. The van der Waals surface area contributed by atoms with Crippen LogP contribution in [0.1, 0.15) is 22.8 Å². The maximum Gasteiger partial charge on any atom is 0.176 e. The Labute approximate surface area is 91.8 Å². The average Bonchev–Trinajstić information content (AvgIpc) is 2.62. The Morgan fingerprint density at radius 2 is 2.36 bits per heavy atom. The van der Waals surface area contributed by atoms with Gasteiger partial charge in [0.15, 0.2) is 5.78 Å². The SMILES string of the molecule is C[C@H](Br)C(=O)c1ccc2c(c1)CCN2. The van der Waals surface area contributed by atoms with Gasteiger partial charge in [-0.2, -0.15) is 0 Å². The van der Waals surface area contributed by atoms with Crippen LogP contribution in [-0.2, 0) is 6.42 Å². The normalized spacial score (nSPS) is 15.9. The van der Waals surface area contributed by atoms with Gasteiger partial charge in [-0.1, -0.05) is 15.9 Å². The molecule has 0 amide bonds. The maximum absolute atomic E-state index is 11.7. The lowest BCUT2D eigenvalue weighted by atomic mass is 10.0. The van der Waals surface area contributed by atoms with E-state index in [-0.39, 0.29) is 10.6 Å². The van der Waals surface area contributed by atoms with Gasteiger partial charge >= 0.3 is 0 Å². The molecule has 0 saturated heterocycles. The molecule has 2 nitrogen and oxygen atoms in total. The van der Waals surface area contributed by atoms with Crippen LogP contribution in [0.2, 0.25) is 0 Å². The van der Waals surface area contributed by atoms with Gasteiger partial charge in [-0.3, -0.25) is 4.79 Å². The number of hydrogen-bond donors (Lipinski definition) is 1. The van der Waals surface area contributed by atoms with E-state index in [9.17, 15) is 4.79 Å². The van der Waals surface area contributed by atoms with Crippen molar-refractivity contribution in [1.82, 2.24) is 0 Å². The van der Waals surface area contributed by atoms with Crippen LogP contribution in [0.15, 0.2) is 18.2 Å². The van der Waals surface area contributed by atoms with E-state index >= 15 is 0 Å². The van der Waals surface area contributed by atoms with E-state index in [0.717, 1.165) is 18.5 Å². The zero-order valence-corrected chi connectivity index (χ0v) is 9.60. The molecule has 0 aliphatic carbocycles. The van der Waals surface area contributed by atoms with Crippen molar-refractivity contribution in [3.8, 4) is 0 Å². The number of nitrogens with one attached hydrogen (secondary N) is 1. The molecular weight excluding hydrogens is 242 g/mol. The second kappa shape index (κ2) is 3.73. The van der Waals surface area contributed by atoms with Gasteiger partial charge in [0.05, 0.1) is 4.83 Å². The summed E-state index contributed by atoms with van der Waals surface area (Å²) in [7, 11) is 0. The summed E-state index contributed by atoms with van der Waals surface area (Å²) in [6.45, 7) is 2.84. The van der Waals surface area contributed by atoms with Crippen molar-refractivity contribution in [3.05, 3.63) is 29.3 Å². The molecule has 0 bridgehead atoms. The molecular formula is C11H12BrNO. The summed E-state index contributed by atoms with van der Waals surface area (Å²) >= 11 is 3.29. The second-order valence-electron chi connectivity index (χ2n) is 3.53. The number of benzene rings is 1. The summed E-state index contributed by atoms with van der Waals surface area (Å²) in [4.78, 5) is 11.6. The lowest BCUT2D eigenvalue weighted by molar-refractivity contribution is 0.0996. The van der Waals surface area contributed by atoms with Gasteiger partial charge in [0.2, 0.25) is 0 Å². The van der Waals surface area contributed by atoms with E-state index in [2.05, 4.69) is 21.2 Å². The molecule has 1 aliphatic rings. The molecule has 3 heteroatoms. The zero-order chi connectivity index (χ0) is 10.1. The summed E-state index contributed by atoms with van der Waals surface area (Å²) in [6.07, 6.45) is 1.02. The standard InChI is InChI=1S/C11H12BrNO/c1-7(12)11(14)9-2-3-10-8(6-9)4-5-13-10/h2-3,6-7,13H,4-5H2,1H3/t7-/m0/s1. The highest BCUT2D eigenvalue weighted by Crippen LogP contribution is 2.24. The number of rotatable bonds is 2. The number of Topliss-reactive ketones (excluding diaryl/α,β-unsaturated/α-hetero) is 1. The van der Waals surface area contributed by atoms with E-state index in [4.69, 9.17) is 0 Å². The summed E-state index contributed by atoms with van der Waals surface area (Å²) in [5.41, 5.74) is 3.23. The number of fused-ring (bicyclic) bond motifs is 1. The van der Waals surface area contributed by atoms with E-state index in [1.807, 2.05) is 25.1 Å². The van der Waals surface area contributed by atoms with E-state index < -0.39 is 0 Å². The van der Waals surface area contributed by atoms with Gasteiger partial charge in [-0.15, -0.1) is 0 Å². The molecule has 0 radical (unpaired) electrons. The van der Waals surface area contributed by atoms with Gasteiger partial charge < -0.3 is 5.32 Å². The van der Waals surface area contributed by atoms with Gasteiger partial charge in [0.1, 0.15) is 0 Å². The highest BCUT2D eigenvalue weighted by atomic mass is 79.9. The predicted molar refractivity (Wildman–Crippen MR) is 61.4 cm³/mol. The Morgan fingerprint density at radius 3 is 3.07 bits per heavy atom. The summed E-state index contributed by atoms with van der Waals surface area (Å²) < 4.78 is 0. The van der Waals surface area contributed by atoms with Gasteiger partial charge in [-0.05, 0) is 37.1 Å². The third-order valence-corrected chi connectivity index (χ3v) is 2.88. The Morgan fingerprint density at radius 1 is 1.57 bits per heavy atom. The fraction of sp³-hybridized carbons (Fsp3) is 0.364. The number of ketones is 1. The van der Waals surface area contributed by atoms with Crippen LogP contribution in [0.4, 0.5) is 5.69 Å². The number of alkyl halides is 1. The van der Waals surface area contributed by atoms with Crippen molar-refractivity contribution >= 4 is 27.4 Å². The number of hydrogen-bond acceptors (Lipinski definition) is 2. The van der Waals surface area contributed by atoms with Gasteiger partial charge in [-0.25, -0.2) is 0 Å². The minimum atomic E-state index is -0.102. The van der Waals surface area contributed by atoms with Crippen molar-refractivity contribution in [2.24, 2.45) is 0 Å². The minimum absolute atomic E-state index is 0.102. The van der Waals surface area contributed by atoms with Crippen LogP contribution in [0, 0.1) is 0 Å². The monoisotopic (exact) mass is 253 g/mol. The molecule has 74 valence electrons. The molecule has 0 spiro atoms. The first-order chi connectivity index (χ1) is 6.68. The molecule has 1 atom stereocenters. The first kappa shape index (κ1) is 9.71. The third-order valence-electron chi connectivity index (χ3n) is 2.46. The Hall–Kier alpha value is -0.830. The van der Waals surface area contributed by atoms with Crippen LogP contribution in [0.25, 0.3) is 0 Å². The highest BCUT2D eigenvalue weighted by Gasteiger charge is 2.15. The summed E-state index contributed by atoms with van der Waals surface area (Å²) in [6, 6.07) is 5.87. The molecule has 0 unspecified atom stereocenters. The molecule has 0 aromatic heterocycles. The van der Waals surface area contributed by atoms with Gasteiger partial charge in [0, 0.05) is 17.8 Å². The van der Waals surface area contributed by atoms with Crippen molar-refractivity contribution in [1.29, 1.82) is 0 Å². The topological polar surface area (TPSA) is 29.1 Å². The fourth-order valence-electron chi connectivity index (χ4n) is 1.69. The molecule has 1 aromatic carbocycles. The molecule has 0 saturated carbocycles. The summed E-state index contributed by atoms with van der Waals surface area (Å²) in [5, 5.41) is 3.27. The molecule has 1 heterocycles. The Bertz CT molecular complexity index is 374. The number of anilines is 1. The average molecular weight is 254 g/mol. The number of carbonyl (C=O) groups is 1. The molecule has 1 N–H and O–H groups in total. The van der Waals surface area contributed by atoms with Crippen LogP contribution in [0.5, 0.6) is 0 Å². The molecule has 0 fully saturated rings. The van der Waals surface area contributed by atoms with Gasteiger partial charge in [0.25, 0.3) is 0 Å². The van der Waals surface area contributed by atoms with Crippen LogP contribution in [0.3, 0.4) is 0 Å². The zero-order valence-electron chi connectivity index (χ0n) is 8.01. The van der Waals surface area contributed by atoms with Crippen LogP contribution < -0.4 is 5.32 Å². The minimum Gasteiger partial charge on any atom is -0.384 e. The Kier molecular flexibility index (Phi) is 2.59. The molecule has 2 rings (SSSR count). The maximum atomic E-state index is 11.7. The lowest BCUT2D eigenvalue weighted by Crippen LogP contribution is -2.09. The van der Waals surface area contributed by atoms with Crippen molar-refractivity contribution in [2.75, 3.05) is 11.9 Å². The quantitative estimate of drug-likeness (QED) is 0.649. The first-order valence-electron chi connectivity index (χ1n) is 4.73. The van der Waals surface area contributed by atoms with E-state index in [1.165, 1.54) is 11.3 Å². The predicted octanol–water partition coefficient (Wildman–Crippen LogP) is 2.62. The fourth-order valence-corrected chi connectivity index (χ4v) is 1.95. The lowest BCUT2D eigenvalue weighted by Gasteiger charge is -2.05. The van der Waals surface area contributed by atoms with Crippen LogP contribution >= 0.6 is 15.9 Å². The van der Waals surface area contributed by atoms with E-state index in [0.29, 0.717) is 0 Å². The number of carbonyl (C=O) groups excluding carboxylic acids is 1. The molecule has 14 heavy (non-hydrogen) atoms. The second-order valence-corrected chi connectivity index (χ2v) is 4.90.